The van der Waals surface area contributed by atoms with Crippen LogP contribution in [0.1, 0.15) is 11.1 Å². The van der Waals surface area contributed by atoms with Gasteiger partial charge in [0.1, 0.15) is 24.2 Å². The molecular weight excluding hydrogens is 437 g/mol. The fraction of sp³-hybridized carbons (Fsp3) is 0.381. The molecule has 2 rings (SSSR count). The number of hydrogen-bond donors (Lipinski definition) is 2. The fourth-order valence-electron chi connectivity index (χ4n) is 2.50. The van der Waals surface area contributed by atoms with E-state index in [2.05, 4.69) is 0 Å². The highest BCUT2D eigenvalue weighted by Gasteiger charge is 2.30. The lowest BCUT2D eigenvalue weighted by molar-refractivity contribution is -0.139. The monoisotopic (exact) mass is 460 g/mol. The summed E-state index contributed by atoms with van der Waals surface area (Å²) in [6, 6.07) is 9.71. The molecule has 0 amide bonds. The third-order valence-corrected chi connectivity index (χ3v) is 5.12. The minimum absolute atomic E-state index is 0.0944. The van der Waals surface area contributed by atoms with Crippen molar-refractivity contribution in [2.75, 3.05) is 32.2 Å². The van der Waals surface area contributed by atoms with Crippen molar-refractivity contribution in [3.8, 4) is 11.5 Å². The first-order chi connectivity index (χ1) is 14.7. The number of hydrogen-bond acceptors (Lipinski definition) is 6. The lowest BCUT2D eigenvalue weighted by atomic mass is 10.2. The van der Waals surface area contributed by atoms with Gasteiger partial charge in [-0.05, 0) is 55.0 Å². The third kappa shape index (κ3) is 8.68. The molecule has 170 valence electrons. The van der Waals surface area contributed by atoms with Crippen molar-refractivity contribution < 1.29 is 42.4 Å². The second kappa shape index (κ2) is 11.8. The van der Waals surface area contributed by atoms with Crippen LogP contribution in [0.25, 0.3) is 0 Å². The lowest BCUT2D eigenvalue weighted by Gasteiger charge is -2.18. The summed E-state index contributed by atoms with van der Waals surface area (Å²) in [5.41, 5.74) is 0.0229. The van der Waals surface area contributed by atoms with Gasteiger partial charge in [0.15, 0.2) is 6.61 Å². The number of aliphatic hydroxyl groups excluding tert-OH is 1. The zero-order chi connectivity index (χ0) is 22.9. The predicted octanol–water partition coefficient (Wildman–Crippen LogP) is 4.03. The Kier molecular flexibility index (Phi) is 9.47. The SMILES string of the molecule is Cc1cc(SCC(COc2ccc(C(F)(F)F)cc2)OCCO)ccc1OCC(=O)O. The summed E-state index contributed by atoms with van der Waals surface area (Å²) in [7, 11) is 0. The Morgan fingerprint density at radius 1 is 1.13 bits per heavy atom. The summed E-state index contributed by atoms with van der Waals surface area (Å²) in [4.78, 5) is 11.5. The number of carboxylic acids is 1. The molecular formula is C21H23F3O6S. The molecule has 0 saturated carbocycles. The molecule has 1 unspecified atom stereocenters. The van der Waals surface area contributed by atoms with Gasteiger partial charge in [-0.25, -0.2) is 4.79 Å². The second-order valence-corrected chi connectivity index (χ2v) is 7.56. The second-order valence-electron chi connectivity index (χ2n) is 6.47. The van der Waals surface area contributed by atoms with Gasteiger partial charge in [0.25, 0.3) is 0 Å². The molecule has 0 heterocycles. The molecule has 10 heteroatoms. The predicted molar refractivity (Wildman–Crippen MR) is 109 cm³/mol. The van der Waals surface area contributed by atoms with E-state index in [1.165, 1.54) is 23.9 Å². The highest BCUT2D eigenvalue weighted by atomic mass is 32.2. The van der Waals surface area contributed by atoms with Crippen LogP contribution in [0.3, 0.4) is 0 Å². The first-order valence-electron chi connectivity index (χ1n) is 9.29. The molecule has 31 heavy (non-hydrogen) atoms. The van der Waals surface area contributed by atoms with E-state index in [9.17, 15) is 18.0 Å². The number of carbonyl (C=O) groups is 1. The number of carboxylic acid groups (broad SMARTS) is 1. The summed E-state index contributed by atoms with van der Waals surface area (Å²) in [6.07, 6.45) is -4.82. The van der Waals surface area contributed by atoms with Gasteiger partial charge < -0.3 is 24.4 Å². The number of aliphatic hydroxyl groups is 1. The van der Waals surface area contributed by atoms with Gasteiger partial charge in [-0.2, -0.15) is 13.2 Å². The molecule has 0 aromatic heterocycles. The summed E-state index contributed by atoms with van der Waals surface area (Å²) in [6.45, 7) is 1.40. The van der Waals surface area contributed by atoms with Crippen LogP contribution in [-0.4, -0.2) is 54.5 Å². The number of ether oxygens (including phenoxy) is 3. The molecule has 0 fully saturated rings. The Balaban J connectivity index is 1.92. The standard InChI is InChI=1S/C21H23F3O6S/c1-14-10-18(6-7-19(14)30-12-20(26)27)31-13-17(28-9-8-25)11-29-16-4-2-15(3-5-16)21(22,23)24/h2-7,10,17,25H,8-9,11-13H2,1H3,(H,26,27). The first kappa shape index (κ1) is 24.8. The van der Waals surface area contributed by atoms with Gasteiger partial charge in [0, 0.05) is 10.6 Å². The smallest absolute Gasteiger partial charge is 0.416 e. The maximum absolute atomic E-state index is 12.6. The first-order valence-corrected chi connectivity index (χ1v) is 10.3. The normalized spacial score (nSPS) is 12.4. The minimum atomic E-state index is -4.41. The highest BCUT2D eigenvalue weighted by molar-refractivity contribution is 7.99. The summed E-state index contributed by atoms with van der Waals surface area (Å²) < 4.78 is 54.3. The summed E-state index contributed by atoms with van der Waals surface area (Å²) >= 11 is 1.46. The van der Waals surface area contributed by atoms with Gasteiger partial charge in [0.05, 0.1) is 18.8 Å². The van der Waals surface area contributed by atoms with E-state index in [0.717, 1.165) is 22.6 Å². The molecule has 1 atom stereocenters. The highest BCUT2D eigenvalue weighted by Crippen LogP contribution is 2.30. The largest absolute Gasteiger partial charge is 0.491 e. The van der Waals surface area contributed by atoms with E-state index >= 15 is 0 Å². The van der Waals surface area contributed by atoms with Crippen LogP contribution in [0.4, 0.5) is 13.2 Å². The Morgan fingerprint density at radius 2 is 1.84 bits per heavy atom. The van der Waals surface area contributed by atoms with E-state index < -0.39 is 30.4 Å². The number of alkyl halides is 3. The number of aliphatic carboxylic acids is 1. The Morgan fingerprint density at radius 3 is 2.42 bits per heavy atom. The summed E-state index contributed by atoms with van der Waals surface area (Å²) in [5.74, 6) is 0.168. The van der Waals surface area contributed by atoms with Crippen LogP contribution in [0.2, 0.25) is 0 Å². The van der Waals surface area contributed by atoms with E-state index in [-0.39, 0.29) is 25.6 Å². The quantitative estimate of drug-likeness (QED) is 0.463. The van der Waals surface area contributed by atoms with Crippen LogP contribution in [0.5, 0.6) is 11.5 Å². The van der Waals surface area contributed by atoms with Gasteiger partial charge in [-0.3, -0.25) is 0 Å². The molecule has 2 aromatic carbocycles. The molecule has 0 radical (unpaired) electrons. The van der Waals surface area contributed by atoms with Crippen molar-refractivity contribution in [2.24, 2.45) is 0 Å². The number of rotatable bonds is 12. The molecule has 0 saturated heterocycles. The van der Waals surface area contributed by atoms with Crippen molar-refractivity contribution in [1.29, 1.82) is 0 Å². The van der Waals surface area contributed by atoms with Gasteiger partial charge >= 0.3 is 12.1 Å². The van der Waals surface area contributed by atoms with Crippen molar-refractivity contribution >= 4 is 17.7 Å². The number of halogens is 3. The Bertz CT molecular complexity index is 842. The number of aryl methyl sites for hydroxylation is 1. The Hall–Kier alpha value is -2.43. The maximum Gasteiger partial charge on any atom is 0.416 e. The van der Waals surface area contributed by atoms with Crippen molar-refractivity contribution in [3.05, 3.63) is 53.6 Å². The third-order valence-electron chi connectivity index (χ3n) is 4.00. The molecule has 2 N–H and O–H groups in total. The van der Waals surface area contributed by atoms with Crippen LogP contribution in [-0.2, 0) is 15.7 Å². The lowest BCUT2D eigenvalue weighted by Crippen LogP contribution is -2.25. The Labute approximate surface area is 181 Å². The van der Waals surface area contributed by atoms with Crippen LogP contribution in [0, 0.1) is 6.92 Å². The van der Waals surface area contributed by atoms with E-state index in [1.54, 1.807) is 19.1 Å². The number of thioether (sulfide) groups is 1. The average Bonchev–Trinajstić information content (AvgIpc) is 2.72. The van der Waals surface area contributed by atoms with E-state index in [4.69, 9.17) is 24.4 Å². The topological polar surface area (TPSA) is 85.2 Å². The maximum atomic E-state index is 12.6. The van der Waals surface area contributed by atoms with E-state index in [1.807, 2.05) is 6.07 Å². The zero-order valence-corrected chi connectivity index (χ0v) is 17.5. The van der Waals surface area contributed by atoms with Crippen molar-refractivity contribution in [1.82, 2.24) is 0 Å². The summed E-state index contributed by atoms with van der Waals surface area (Å²) in [5, 5.41) is 17.7. The molecule has 0 spiro atoms. The fourth-order valence-corrected chi connectivity index (χ4v) is 3.49. The molecule has 2 aromatic rings. The van der Waals surface area contributed by atoms with Crippen LogP contribution < -0.4 is 9.47 Å². The van der Waals surface area contributed by atoms with Crippen molar-refractivity contribution in [3.63, 3.8) is 0 Å². The van der Waals surface area contributed by atoms with E-state index in [0.29, 0.717) is 11.5 Å². The van der Waals surface area contributed by atoms with Crippen LogP contribution >= 0.6 is 11.8 Å². The zero-order valence-electron chi connectivity index (χ0n) is 16.7. The molecule has 0 aliphatic carbocycles. The van der Waals surface area contributed by atoms with Crippen LogP contribution in [0.15, 0.2) is 47.4 Å². The van der Waals surface area contributed by atoms with Gasteiger partial charge in [-0.15, -0.1) is 11.8 Å². The minimum Gasteiger partial charge on any atom is -0.491 e. The van der Waals surface area contributed by atoms with Gasteiger partial charge in [-0.1, -0.05) is 0 Å². The molecule has 6 nitrogen and oxygen atoms in total. The number of benzene rings is 2. The molecule has 0 aliphatic heterocycles. The molecule has 0 aliphatic rings. The van der Waals surface area contributed by atoms with Crippen molar-refractivity contribution in [2.45, 2.75) is 24.1 Å². The average molecular weight is 460 g/mol. The van der Waals surface area contributed by atoms with Gasteiger partial charge in [0.2, 0.25) is 0 Å². The molecule has 0 bridgehead atoms.